The van der Waals surface area contributed by atoms with Gasteiger partial charge in [-0.05, 0) is 42.2 Å². The molecule has 0 saturated heterocycles. The molecular formula is C18H25NO. The lowest BCUT2D eigenvalue weighted by atomic mass is 9.92. The van der Waals surface area contributed by atoms with Crippen LogP contribution in [0.15, 0.2) is 23.2 Å². The van der Waals surface area contributed by atoms with Crippen LogP contribution in [0.2, 0.25) is 0 Å². The van der Waals surface area contributed by atoms with Crippen LogP contribution in [0.5, 0.6) is 0 Å². The summed E-state index contributed by atoms with van der Waals surface area (Å²) >= 11 is 0. The second-order valence-corrected chi connectivity index (χ2v) is 6.28. The molecule has 1 fully saturated rings. The second-order valence-electron chi connectivity index (χ2n) is 6.28. The third-order valence-corrected chi connectivity index (χ3v) is 3.98. The van der Waals surface area contributed by atoms with Gasteiger partial charge in [0.15, 0.2) is 5.78 Å². The van der Waals surface area contributed by atoms with E-state index < -0.39 is 0 Å². The second kappa shape index (κ2) is 6.34. The molecule has 2 heteroatoms. The number of rotatable bonds is 3. The highest BCUT2D eigenvalue weighted by atomic mass is 16.1. The fourth-order valence-electron chi connectivity index (χ4n) is 2.76. The van der Waals surface area contributed by atoms with Gasteiger partial charge in [-0.1, -0.05) is 45.9 Å². The zero-order valence-corrected chi connectivity index (χ0v) is 13.1. The molecule has 0 radical (unpaired) electrons. The number of hydrogen-bond donors (Lipinski definition) is 0. The van der Waals surface area contributed by atoms with Crippen LogP contribution < -0.4 is 0 Å². The van der Waals surface area contributed by atoms with Crippen LogP contribution in [0.1, 0.15) is 76.3 Å². The van der Waals surface area contributed by atoms with Crippen LogP contribution in [-0.4, -0.2) is 11.5 Å². The summed E-state index contributed by atoms with van der Waals surface area (Å²) in [5.41, 5.74) is 4.33. The van der Waals surface area contributed by atoms with E-state index in [0.717, 1.165) is 30.7 Å². The summed E-state index contributed by atoms with van der Waals surface area (Å²) in [5.74, 6) is 1.09. The van der Waals surface area contributed by atoms with E-state index in [4.69, 9.17) is 4.99 Å². The summed E-state index contributed by atoms with van der Waals surface area (Å²) in [6, 6.07) is 6.39. The lowest BCUT2D eigenvalue weighted by Gasteiger charge is -2.18. The Bertz CT molecular complexity index is 500. The van der Waals surface area contributed by atoms with Gasteiger partial charge in [0.05, 0.1) is 11.4 Å². The lowest BCUT2D eigenvalue weighted by Crippen LogP contribution is -2.18. The molecule has 0 atom stereocenters. The van der Waals surface area contributed by atoms with E-state index in [1.54, 1.807) is 0 Å². The van der Waals surface area contributed by atoms with Crippen molar-refractivity contribution < 1.29 is 4.79 Å². The summed E-state index contributed by atoms with van der Waals surface area (Å²) < 4.78 is 0. The van der Waals surface area contributed by atoms with Crippen LogP contribution in [0, 0.1) is 0 Å². The van der Waals surface area contributed by atoms with Gasteiger partial charge >= 0.3 is 0 Å². The van der Waals surface area contributed by atoms with Crippen molar-refractivity contribution in [2.24, 2.45) is 4.99 Å². The van der Waals surface area contributed by atoms with Gasteiger partial charge in [0.25, 0.3) is 0 Å². The van der Waals surface area contributed by atoms with E-state index in [2.05, 4.69) is 45.9 Å². The summed E-state index contributed by atoms with van der Waals surface area (Å²) in [5, 5.41) is 0. The molecule has 0 aromatic heterocycles. The Morgan fingerprint density at radius 3 is 2.00 bits per heavy atom. The number of ketones is 1. The number of benzene rings is 1. The summed E-state index contributed by atoms with van der Waals surface area (Å²) in [7, 11) is 0. The van der Waals surface area contributed by atoms with Gasteiger partial charge in [-0.15, -0.1) is 0 Å². The van der Waals surface area contributed by atoms with Gasteiger partial charge in [-0.2, -0.15) is 0 Å². The largest absolute Gasteiger partial charge is 0.293 e. The molecule has 108 valence electrons. The zero-order chi connectivity index (χ0) is 14.7. The Morgan fingerprint density at radius 1 is 0.950 bits per heavy atom. The Labute approximate surface area is 122 Å². The van der Waals surface area contributed by atoms with Crippen LogP contribution in [-0.2, 0) is 4.79 Å². The van der Waals surface area contributed by atoms with Crippen molar-refractivity contribution in [3.8, 4) is 0 Å². The van der Waals surface area contributed by atoms with Crippen molar-refractivity contribution in [1.29, 1.82) is 0 Å². The fraction of sp³-hybridized carbons (Fsp3) is 0.556. The fourth-order valence-corrected chi connectivity index (χ4v) is 2.76. The van der Waals surface area contributed by atoms with E-state index >= 15 is 0 Å². The minimum Gasteiger partial charge on any atom is -0.293 e. The molecule has 0 heterocycles. The Kier molecular flexibility index (Phi) is 4.74. The minimum absolute atomic E-state index is 0.240. The number of carbonyl (C=O) groups excluding carboxylic acids is 1. The summed E-state index contributed by atoms with van der Waals surface area (Å²) in [4.78, 5) is 16.8. The quantitative estimate of drug-likeness (QED) is 0.747. The Balaban J connectivity index is 2.52. The molecule has 0 spiro atoms. The van der Waals surface area contributed by atoms with Gasteiger partial charge < -0.3 is 0 Å². The number of para-hydroxylation sites is 1. The molecular weight excluding hydrogens is 246 g/mol. The Hall–Kier alpha value is -1.44. The molecule has 1 aliphatic rings. The summed E-state index contributed by atoms with van der Waals surface area (Å²) in [6.07, 6.45) is 3.61. The maximum Gasteiger partial charge on any atom is 0.177 e. The number of hydrogen-bond acceptors (Lipinski definition) is 2. The van der Waals surface area contributed by atoms with Crippen LogP contribution >= 0.6 is 0 Å². The van der Waals surface area contributed by atoms with Crippen LogP contribution in [0.25, 0.3) is 0 Å². The van der Waals surface area contributed by atoms with Crippen molar-refractivity contribution in [2.45, 2.75) is 65.2 Å². The molecule has 1 saturated carbocycles. The molecule has 2 nitrogen and oxygen atoms in total. The standard InChI is InChI=1S/C18H25NO/c1-12(2)14-8-7-9-15(13(3)4)18(14)19-16-10-5-6-11-17(16)20/h7-9,12-13H,5-6,10-11H2,1-4H3. The molecule has 0 aliphatic heterocycles. The van der Waals surface area contributed by atoms with E-state index in [1.807, 2.05) is 0 Å². The third-order valence-electron chi connectivity index (χ3n) is 3.98. The van der Waals surface area contributed by atoms with Crippen molar-refractivity contribution in [1.82, 2.24) is 0 Å². The molecule has 1 aromatic rings. The molecule has 0 bridgehead atoms. The zero-order valence-electron chi connectivity index (χ0n) is 13.1. The molecule has 20 heavy (non-hydrogen) atoms. The molecule has 0 amide bonds. The summed E-state index contributed by atoms with van der Waals surface area (Å²) in [6.45, 7) is 8.75. The number of aliphatic imine (C=N–C) groups is 1. The van der Waals surface area contributed by atoms with Crippen LogP contribution in [0.4, 0.5) is 5.69 Å². The third kappa shape index (κ3) is 3.17. The normalized spacial score (nSPS) is 18.3. The monoisotopic (exact) mass is 271 g/mol. The Morgan fingerprint density at radius 2 is 1.50 bits per heavy atom. The maximum atomic E-state index is 12.0. The SMILES string of the molecule is CC(C)c1cccc(C(C)C)c1N=C1CCCCC1=O. The molecule has 1 aliphatic carbocycles. The van der Waals surface area contributed by atoms with Crippen molar-refractivity contribution in [3.63, 3.8) is 0 Å². The van der Waals surface area contributed by atoms with E-state index in [9.17, 15) is 4.79 Å². The van der Waals surface area contributed by atoms with Gasteiger partial charge in [-0.25, -0.2) is 4.99 Å². The van der Waals surface area contributed by atoms with Gasteiger partial charge in [0, 0.05) is 6.42 Å². The first-order chi connectivity index (χ1) is 9.50. The lowest BCUT2D eigenvalue weighted by molar-refractivity contribution is -0.113. The van der Waals surface area contributed by atoms with E-state index in [-0.39, 0.29) is 5.78 Å². The first-order valence-corrected chi connectivity index (χ1v) is 7.74. The number of nitrogens with zero attached hydrogens (tertiary/aromatic N) is 1. The predicted molar refractivity (Wildman–Crippen MR) is 85.2 cm³/mol. The minimum atomic E-state index is 0.240. The van der Waals surface area contributed by atoms with Gasteiger partial charge in [0.1, 0.15) is 0 Å². The topological polar surface area (TPSA) is 29.4 Å². The van der Waals surface area contributed by atoms with Crippen molar-refractivity contribution in [3.05, 3.63) is 29.3 Å². The van der Waals surface area contributed by atoms with Gasteiger partial charge in [-0.3, -0.25) is 4.79 Å². The molecule has 0 unspecified atom stereocenters. The molecule has 1 aromatic carbocycles. The van der Waals surface area contributed by atoms with E-state index in [1.165, 1.54) is 11.1 Å². The van der Waals surface area contributed by atoms with Crippen molar-refractivity contribution in [2.75, 3.05) is 0 Å². The average molecular weight is 271 g/mol. The molecule has 2 rings (SSSR count). The smallest absolute Gasteiger partial charge is 0.177 e. The maximum absolute atomic E-state index is 12.0. The predicted octanol–water partition coefficient (Wildman–Crippen LogP) is 5.15. The van der Waals surface area contributed by atoms with E-state index in [0.29, 0.717) is 18.3 Å². The molecule has 0 N–H and O–H groups in total. The van der Waals surface area contributed by atoms with Crippen LogP contribution in [0.3, 0.4) is 0 Å². The average Bonchev–Trinajstić information content (AvgIpc) is 2.41. The highest BCUT2D eigenvalue weighted by molar-refractivity contribution is 6.40. The first-order valence-electron chi connectivity index (χ1n) is 7.74. The van der Waals surface area contributed by atoms with Crippen molar-refractivity contribution >= 4 is 17.2 Å². The number of Topliss-reactive ketones (excluding diaryl/α,β-unsaturated/α-hetero) is 1. The number of carbonyl (C=O) groups is 1. The first kappa shape index (κ1) is 15.0. The highest BCUT2D eigenvalue weighted by Crippen LogP contribution is 2.35. The highest BCUT2D eigenvalue weighted by Gasteiger charge is 2.19. The van der Waals surface area contributed by atoms with Gasteiger partial charge in [0.2, 0.25) is 0 Å².